The van der Waals surface area contributed by atoms with Gasteiger partial charge in [0.05, 0.1) is 21.5 Å². The smallest absolute Gasteiger partial charge is 0.219 e. The number of carbonyl (C=O) groups is 1. The molecule has 1 fully saturated rings. The Morgan fingerprint density at radius 2 is 1.78 bits per heavy atom. The van der Waals surface area contributed by atoms with Gasteiger partial charge in [-0.15, -0.1) is 0 Å². The van der Waals surface area contributed by atoms with E-state index < -0.39 is 0 Å². The number of nitrogens with zero attached hydrogens (tertiary/aromatic N) is 4. The SMILES string of the molecule is CC(=O)N1CCN(c2nc(-c3ccccc3F)nc3cccc(Cl)c23)CC1. The Labute approximate surface area is 161 Å². The van der Waals surface area contributed by atoms with Crippen LogP contribution in [0.25, 0.3) is 22.3 Å². The Hall–Kier alpha value is -2.73. The number of fused-ring (bicyclic) bond motifs is 1. The maximum absolute atomic E-state index is 14.3. The topological polar surface area (TPSA) is 49.3 Å². The maximum atomic E-state index is 14.3. The van der Waals surface area contributed by atoms with Crippen LogP contribution in [0.2, 0.25) is 5.02 Å². The molecule has 0 radical (unpaired) electrons. The summed E-state index contributed by atoms with van der Waals surface area (Å²) in [6.07, 6.45) is 0. The van der Waals surface area contributed by atoms with Gasteiger partial charge in [0.15, 0.2) is 5.82 Å². The van der Waals surface area contributed by atoms with Crippen LogP contribution in [0.1, 0.15) is 6.92 Å². The largest absolute Gasteiger partial charge is 0.352 e. The molecule has 7 heteroatoms. The van der Waals surface area contributed by atoms with Gasteiger partial charge in [0.25, 0.3) is 0 Å². The fourth-order valence-corrected chi connectivity index (χ4v) is 3.60. The van der Waals surface area contributed by atoms with Crippen molar-refractivity contribution in [3.63, 3.8) is 0 Å². The average molecular weight is 385 g/mol. The average Bonchev–Trinajstić information content (AvgIpc) is 2.68. The highest BCUT2D eigenvalue weighted by Gasteiger charge is 2.23. The number of aromatic nitrogens is 2. The number of hydrogen-bond donors (Lipinski definition) is 0. The Bertz CT molecular complexity index is 1020. The molecule has 0 spiro atoms. The summed E-state index contributed by atoms with van der Waals surface area (Å²) in [4.78, 5) is 24.7. The summed E-state index contributed by atoms with van der Waals surface area (Å²) in [6.45, 7) is 4.06. The molecular formula is C20H18ClFN4O. The molecule has 1 saturated heterocycles. The molecule has 4 rings (SSSR count). The van der Waals surface area contributed by atoms with Crippen LogP contribution < -0.4 is 4.90 Å². The molecule has 0 N–H and O–H groups in total. The van der Waals surface area contributed by atoms with Gasteiger partial charge >= 0.3 is 0 Å². The predicted molar refractivity (Wildman–Crippen MR) is 104 cm³/mol. The summed E-state index contributed by atoms with van der Waals surface area (Å²) in [7, 11) is 0. The summed E-state index contributed by atoms with van der Waals surface area (Å²) < 4.78 is 14.3. The zero-order valence-electron chi connectivity index (χ0n) is 14.8. The van der Waals surface area contributed by atoms with Crippen molar-refractivity contribution in [1.82, 2.24) is 14.9 Å². The van der Waals surface area contributed by atoms with Crippen LogP contribution in [0.15, 0.2) is 42.5 Å². The zero-order chi connectivity index (χ0) is 19.0. The number of halogens is 2. The molecule has 1 aromatic heterocycles. The number of piperazine rings is 1. The van der Waals surface area contributed by atoms with Crippen molar-refractivity contribution in [3.8, 4) is 11.4 Å². The lowest BCUT2D eigenvalue weighted by molar-refractivity contribution is -0.129. The molecule has 1 aliphatic rings. The van der Waals surface area contributed by atoms with Gasteiger partial charge in [0.1, 0.15) is 11.6 Å². The molecule has 0 aliphatic carbocycles. The molecule has 27 heavy (non-hydrogen) atoms. The van der Waals surface area contributed by atoms with E-state index in [1.165, 1.54) is 6.07 Å². The van der Waals surface area contributed by atoms with Crippen molar-refractivity contribution >= 4 is 34.2 Å². The van der Waals surface area contributed by atoms with Crippen molar-refractivity contribution in [3.05, 3.63) is 53.3 Å². The van der Waals surface area contributed by atoms with Gasteiger partial charge in [-0.3, -0.25) is 4.79 Å². The summed E-state index contributed by atoms with van der Waals surface area (Å²) in [5.41, 5.74) is 1.02. The van der Waals surface area contributed by atoms with Crippen LogP contribution in [-0.2, 0) is 4.79 Å². The van der Waals surface area contributed by atoms with Gasteiger partial charge in [-0.25, -0.2) is 14.4 Å². The van der Waals surface area contributed by atoms with Crippen LogP contribution in [0, 0.1) is 5.82 Å². The van der Waals surface area contributed by atoms with Crippen molar-refractivity contribution in [2.24, 2.45) is 0 Å². The lowest BCUT2D eigenvalue weighted by Crippen LogP contribution is -2.48. The third-order valence-electron chi connectivity index (χ3n) is 4.79. The van der Waals surface area contributed by atoms with Crippen molar-refractivity contribution < 1.29 is 9.18 Å². The van der Waals surface area contributed by atoms with Crippen LogP contribution >= 0.6 is 11.6 Å². The van der Waals surface area contributed by atoms with Gasteiger partial charge in [0, 0.05) is 33.1 Å². The van der Waals surface area contributed by atoms with Crippen LogP contribution in [0.5, 0.6) is 0 Å². The molecular weight excluding hydrogens is 367 g/mol. The quantitative estimate of drug-likeness (QED) is 0.675. The second-order valence-corrected chi connectivity index (χ2v) is 6.88. The minimum Gasteiger partial charge on any atom is -0.352 e. The lowest BCUT2D eigenvalue weighted by atomic mass is 10.1. The molecule has 0 atom stereocenters. The van der Waals surface area contributed by atoms with E-state index in [0.717, 1.165) is 5.39 Å². The minimum atomic E-state index is -0.369. The van der Waals surface area contributed by atoms with E-state index in [0.29, 0.717) is 53.9 Å². The monoisotopic (exact) mass is 384 g/mol. The number of benzene rings is 2. The first-order valence-electron chi connectivity index (χ1n) is 8.76. The van der Waals surface area contributed by atoms with Crippen LogP contribution in [0.3, 0.4) is 0 Å². The van der Waals surface area contributed by atoms with E-state index in [4.69, 9.17) is 11.6 Å². The Kier molecular flexibility index (Phi) is 4.66. The maximum Gasteiger partial charge on any atom is 0.219 e. The lowest BCUT2D eigenvalue weighted by Gasteiger charge is -2.35. The van der Waals surface area contributed by atoms with Crippen LogP contribution in [-0.4, -0.2) is 47.0 Å². The number of carbonyl (C=O) groups excluding carboxylic acids is 1. The molecule has 1 aliphatic heterocycles. The minimum absolute atomic E-state index is 0.0623. The fourth-order valence-electron chi connectivity index (χ4n) is 3.35. The summed E-state index contributed by atoms with van der Waals surface area (Å²) in [6, 6.07) is 11.9. The van der Waals surface area contributed by atoms with E-state index in [-0.39, 0.29) is 11.7 Å². The molecule has 2 aromatic carbocycles. The summed E-state index contributed by atoms with van der Waals surface area (Å²) in [5, 5.41) is 1.30. The fraction of sp³-hybridized carbons (Fsp3) is 0.250. The predicted octanol–water partition coefficient (Wildman–Crippen LogP) is 3.76. The third kappa shape index (κ3) is 3.32. The molecule has 0 bridgehead atoms. The highest BCUT2D eigenvalue weighted by atomic mass is 35.5. The van der Waals surface area contributed by atoms with E-state index in [2.05, 4.69) is 14.9 Å². The Balaban J connectivity index is 1.83. The molecule has 3 aromatic rings. The highest BCUT2D eigenvalue weighted by Crippen LogP contribution is 2.33. The number of anilines is 1. The number of rotatable bonds is 2. The van der Waals surface area contributed by atoms with Gasteiger partial charge in [-0.1, -0.05) is 29.8 Å². The van der Waals surface area contributed by atoms with Crippen molar-refractivity contribution in [1.29, 1.82) is 0 Å². The highest BCUT2D eigenvalue weighted by molar-refractivity contribution is 6.36. The Morgan fingerprint density at radius 1 is 1.04 bits per heavy atom. The zero-order valence-corrected chi connectivity index (χ0v) is 15.6. The van der Waals surface area contributed by atoms with Crippen LogP contribution in [0.4, 0.5) is 10.2 Å². The van der Waals surface area contributed by atoms with Gasteiger partial charge in [-0.05, 0) is 24.3 Å². The normalized spacial score (nSPS) is 14.6. The Morgan fingerprint density at radius 3 is 2.48 bits per heavy atom. The van der Waals surface area contributed by atoms with Gasteiger partial charge in [0.2, 0.25) is 5.91 Å². The standard InChI is InChI=1S/C20H18ClFN4O/c1-13(27)25-9-11-26(12-10-25)20-18-15(21)6-4-8-17(18)23-19(24-20)14-5-2-3-7-16(14)22/h2-8H,9-12H2,1H3. The number of amides is 1. The molecule has 0 saturated carbocycles. The molecule has 5 nitrogen and oxygen atoms in total. The second kappa shape index (κ2) is 7.12. The van der Waals surface area contributed by atoms with Crippen molar-refractivity contribution in [2.75, 3.05) is 31.1 Å². The second-order valence-electron chi connectivity index (χ2n) is 6.48. The first kappa shape index (κ1) is 17.7. The van der Waals surface area contributed by atoms with E-state index >= 15 is 0 Å². The first-order chi connectivity index (χ1) is 13.0. The molecule has 0 unspecified atom stereocenters. The van der Waals surface area contributed by atoms with Crippen molar-refractivity contribution in [2.45, 2.75) is 6.92 Å². The summed E-state index contributed by atoms with van der Waals surface area (Å²) in [5.74, 6) is 0.692. The van der Waals surface area contributed by atoms with Gasteiger partial charge in [-0.2, -0.15) is 0 Å². The molecule has 1 amide bonds. The first-order valence-corrected chi connectivity index (χ1v) is 9.14. The molecule has 138 valence electrons. The van der Waals surface area contributed by atoms with E-state index in [9.17, 15) is 9.18 Å². The summed E-state index contributed by atoms with van der Waals surface area (Å²) >= 11 is 6.44. The third-order valence-corrected chi connectivity index (χ3v) is 5.11. The van der Waals surface area contributed by atoms with E-state index in [1.54, 1.807) is 36.1 Å². The van der Waals surface area contributed by atoms with Gasteiger partial charge < -0.3 is 9.80 Å². The number of hydrogen-bond acceptors (Lipinski definition) is 4. The van der Waals surface area contributed by atoms with E-state index in [1.807, 2.05) is 12.1 Å². The molecule has 2 heterocycles.